The van der Waals surface area contributed by atoms with E-state index in [0.29, 0.717) is 0 Å². The van der Waals surface area contributed by atoms with Crippen LogP contribution in [0.1, 0.15) is 55.4 Å². The first-order valence-electron chi connectivity index (χ1n) is 17.5. The van der Waals surface area contributed by atoms with E-state index in [1.807, 2.05) is 0 Å². The van der Waals surface area contributed by atoms with Crippen molar-refractivity contribution in [2.75, 3.05) is 0 Å². The maximum absolute atomic E-state index is 12.0. The van der Waals surface area contributed by atoms with Gasteiger partial charge in [0.1, 0.15) is 0 Å². The molecule has 8 rings (SSSR count). The summed E-state index contributed by atoms with van der Waals surface area (Å²) in [5.74, 6) is -28.4. The first-order chi connectivity index (χ1) is 26.7. The second kappa shape index (κ2) is 14.6. The van der Waals surface area contributed by atoms with Crippen molar-refractivity contribution < 1.29 is 71.3 Å². The molecule has 306 valence electrons. The van der Waals surface area contributed by atoms with Gasteiger partial charge in [-0.1, -0.05) is 48.5 Å². The number of rotatable bonds is 2. The SMILES string of the molecule is CC1(C)OB(c2cc3ccc4cc(B5OC(C)(C)C(C)(C)O5)cc5ccc(c2)c3c45)OC1(C)C.Fc1c(F)c(F)c(F)c(F)c1F.Fc1c(F)c(F)c(F)c(F)c1F. The quantitative estimate of drug-likeness (QED) is 0.0573. The summed E-state index contributed by atoms with van der Waals surface area (Å²) in [7, 11) is -0.746. The standard InChI is InChI=1S/C28H32B2O4.2C6F6/c1-25(2)26(3,4)32-29(31-25)21-13-17-9-11-19-15-22(30-33-27(5,6)28(7,8)34-30)16-20-12-10-18(14-21)23(17)24(19)20;2*7-1-2(8)4(10)6(12)5(11)3(1)9/h9-16H,1-8H3;;. The maximum atomic E-state index is 12.0. The van der Waals surface area contributed by atoms with Crippen LogP contribution in [0, 0.1) is 69.8 Å². The molecule has 58 heavy (non-hydrogen) atoms. The third-order valence-electron chi connectivity index (χ3n) is 10.9. The van der Waals surface area contributed by atoms with E-state index in [1.165, 1.54) is 32.3 Å². The second-order valence-corrected chi connectivity index (χ2v) is 15.8. The summed E-state index contributed by atoms with van der Waals surface area (Å²) in [4.78, 5) is 0. The molecule has 2 aliphatic heterocycles. The molecule has 0 spiro atoms. The minimum absolute atomic E-state index is 0.361. The van der Waals surface area contributed by atoms with Crippen LogP contribution in [0.4, 0.5) is 52.7 Å². The number of benzene rings is 6. The molecule has 0 saturated carbocycles. The summed E-state index contributed by atoms with van der Waals surface area (Å²) in [6, 6.07) is 17.7. The number of halogens is 12. The van der Waals surface area contributed by atoms with Crippen LogP contribution >= 0.6 is 0 Å². The molecule has 0 N–H and O–H groups in total. The molecule has 2 fully saturated rings. The van der Waals surface area contributed by atoms with E-state index in [0.717, 1.165) is 10.9 Å². The van der Waals surface area contributed by atoms with Gasteiger partial charge in [-0.05, 0) is 98.6 Å². The Morgan fingerprint density at radius 2 is 0.466 bits per heavy atom. The van der Waals surface area contributed by atoms with E-state index < -0.39 is 69.8 Å². The van der Waals surface area contributed by atoms with Crippen LogP contribution in [-0.4, -0.2) is 36.6 Å². The lowest BCUT2D eigenvalue weighted by molar-refractivity contribution is 0.00578. The predicted molar refractivity (Wildman–Crippen MR) is 194 cm³/mol. The lowest BCUT2D eigenvalue weighted by atomic mass is 9.75. The number of hydrogen-bond donors (Lipinski definition) is 0. The Kier molecular flexibility index (Phi) is 10.9. The van der Waals surface area contributed by atoms with E-state index in [2.05, 4.69) is 104 Å². The Morgan fingerprint density at radius 3 is 0.621 bits per heavy atom. The lowest BCUT2D eigenvalue weighted by Crippen LogP contribution is -2.41. The molecule has 0 amide bonds. The molecule has 0 aromatic heterocycles. The van der Waals surface area contributed by atoms with Gasteiger partial charge in [0.25, 0.3) is 0 Å². The average molecular weight is 826 g/mol. The van der Waals surface area contributed by atoms with Crippen molar-refractivity contribution in [1.82, 2.24) is 0 Å². The van der Waals surface area contributed by atoms with Gasteiger partial charge < -0.3 is 18.6 Å². The number of hydrogen-bond acceptors (Lipinski definition) is 4. The minimum atomic E-state index is -2.37. The summed E-state index contributed by atoms with van der Waals surface area (Å²) in [5.41, 5.74) is 0.672. The van der Waals surface area contributed by atoms with Crippen LogP contribution in [0.15, 0.2) is 48.5 Å². The summed E-state index contributed by atoms with van der Waals surface area (Å²) >= 11 is 0. The summed E-state index contributed by atoms with van der Waals surface area (Å²) in [5, 5.41) is 7.34. The van der Waals surface area contributed by atoms with Gasteiger partial charge in [0.15, 0.2) is 0 Å². The zero-order chi connectivity index (χ0) is 43.2. The fourth-order valence-corrected chi connectivity index (χ4v) is 6.27. The van der Waals surface area contributed by atoms with E-state index in [4.69, 9.17) is 18.6 Å². The predicted octanol–water partition coefficient (Wildman–Crippen LogP) is 10.2. The second-order valence-electron chi connectivity index (χ2n) is 15.8. The highest BCUT2D eigenvalue weighted by atomic mass is 19.2. The Labute approximate surface area is 324 Å². The molecular weight excluding hydrogens is 794 g/mol. The molecule has 6 aromatic carbocycles. The Hall–Kier alpha value is -4.51. The topological polar surface area (TPSA) is 36.9 Å². The van der Waals surface area contributed by atoms with Crippen molar-refractivity contribution in [3.8, 4) is 0 Å². The molecule has 0 unspecified atom stereocenters. The third-order valence-corrected chi connectivity index (χ3v) is 10.9. The van der Waals surface area contributed by atoms with Crippen molar-refractivity contribution in [3.05, 3.63) is 118 Å². The smallest absolute Gasteiger partial charge is 0.399 e. The van der Waals surface area contributed by atoms with Crippen LogP contribution in [0.3, 0.4) is 0 Å². The molecule has 2 heterocycles. The van der Waals surface area contributed by atoms with Crippen LogP contribution in [0.5, 0.6) is 0 Å². The summed E-state index contributed by atoms with van der Waals surface area (Å²) in [6.07, 6.45) is 0. The molecule has 0 bridgehead atoms. The molecule has 0 atom stereocenters. The van der Waals surface area contributed by atoms with Gasteiger partial charge in [-0.2, -0.15) is 0 Å². The van der Waals surface area contributed by atoms with Crippen molar-refractivity contribution in [3.63, 3.8) is 0 Å². The molecule has 6 aromatic rings. The first-order valence-corrected chi connectivity index (χ1v) is 17.5. The van der Waals surface area contributed by atoms with Gasteiger partial charge in [0, 0.05) is 0 Å². The third kappa shape index (κ3) is 7.15. The highest BCUT2D eigenvalue weighted by Crippen LogP contribution is 2.40. The van der Waals surface area contributed by atoms with Crippen LogP contribution in [0.25, 0.3) is 32.3 Å². The lowest BCUT2D eigenvalue weighted by Gasteiger charge is -2.32. The molecule has 2 aliphatic rings. The zero-order valence-corrected chi connectivity index (χ0v) is 31.9. The van der Waals surface area contributed by atoms with Gasteiger partial charge in [-0.15, -0.1) is 0 Å². The molecular formula is C40H32B2F12O4. The van der Waals surface area contributed by atoms with Crippen LogP contribution in [0.2, 0.25) is 0 Å². The van der Waals surface area contributed by atoms with Gasteiger partial charge in [-0.25, -0.2) is 52.7 Å². The summed E-state index contributed by atoms with van der Waals surface area (Å²) < 4.78 is 170. The molecule has 4 nitrogen and oxygen atoms in total. The van der Waals surface area contributed by atoms with Gasteiger partial charge >= 0.3 is 14.2 Å². The Morgan fingerprint density at radius 1 is 0.310 bits per heavy atom. The monoisotopic (exact) mass is 826 g/mol. The fraction of sp³-hybridized carbons (Fsp3) is 0.300. The van der Waals surface area contributed by atoms with Gasteiger partial charge in [0.2, 0.25) is 69.8 Å². The highest BCUT2D eigenvalue weighted by Gasteiger charge is 2.53. The van der Waals surface area contributed by atoms with Gasteiger partial charge in [0.05, 0.1) is 22.4 Å². The minimum Gasteiger partial charge on any atom is -0.399 e. The van der Waals surface area contributed by atoms with Crippen molar-refractivity contribution in [2.45, 2.75) is 77.8 Å². The molecule has 0 radical (unpaired) electrons. The van der Waals surface area contributed by atoms with Crippen molar-refractivity contribution in [2.24, 2.45) is 0 Å². The first kappa shape index (κ1) is 43.1. The Bertz CT molecular complexity index is 2110. The average Bonchev–Trinajstić information content (AvgIpc) is 3.54. The molecule has 2 saturated heterocycles. The maximum Gasteiger partial charge on any atom is 0.494 e. The van der Waals surface area contributed by atoms with E-state index >= 15 is 0 Å². The zero-order valence-electron chi connectivity index (χ0n) is 31.9. The van der Waals surface area contributed by atoms with Crippen molar-refractivity contribution >= 4 is 57.5 Å². The molecule has 18 heteroatoms. The van der Waals surface area contributed by atoms with E-state index in [-0.39, 0.29) is 36.6 Å². The van der Waals surface area contributed by atoms with Gasteiger partial charge in [-0.3, -0.25) is 0 Å². The summed E-state index contributed by atoms with van der Waals surface area (Å²) in [6.45, 7) is 16.7. The normalized spacial score (nSPS) is 17.9. The molecule has 0 aliphatic carbocycles. The van der Waals surface area contributed by atoms with E-state index in [9.17, 15) is 52.7 Å². The largest absolute Gasteiger partial charge is 0.494 e. The van der Waals surface area contributed by atoms with Crippen LogP contribution in [-0.2, 0) is 18.6 Å². The highest BCUT2D eigenvalue weighted by molar-refractivity contribution is 6.63. The fourth-order valence-electron chi connectivity index (χ4n) is 6.27. The Balaban J connectivity index is 0.000000193. The van der Waals surface area contributed by atoms with Crippen molar-refractivity contribution in [1.29, 1.82) is 0 Å². The van der Waals surface area contributed by atoms with Crippen LogP contribution < -0.4 is 10.9 Å². The van der Waals surface area contributed by atoms with E-state index in [1.54, 1.807) is 0 Å².